The van der Waals surface area contributed by atoms with Crippen molar-refractivity contribution in [2.24, 2.45) is 0 Å². The first kappa shape index (κ1) is 16.6. The Kier molecular flexibility index (Phi) is 4.87. The number of imidazole rings is 1. The average molecular weight is 353 g/mol. The molecular formula is C17H23N9. The van der Waals surface area contributed by atoms with Crippen LogP contribution < -0.4 is 4.90 Å². The summed E-state index contributed by atoms with van der Waals surface area (Å²) in [6, 6.07) is 3.94. The third-order valence-corrected chi connectivity index (χ3v) is 4.84. The maximum absolute atomic E-state index is 4.51. The van der Waals surface area contributed by atoms with Crippen LogP contribution in [-0.2, 0) is 6.54 Å². The van der Waals surface area contributed by atoms with E-state index in [1.165, 1.54) is 0 Å². The molecule has 9 heteroatoms. The van der Waals surface area contributed by atoms with Crippen LogP contribution in [0.5, 0.6) is 0 Å². The van der Waals surface area contributed by atoms with E-state index in [1.54, 1.807) is 6.20 Å². The van der Waals surface area contributed by atoms with Gasteiger partial charge in [-0.15, -0.1) is 10.2 Å². The normalized spacial score (nSPS) is 15.5. The summed E-state index contributed by atoms with van der Waals surface area (Å²) in [5.74, 6) is 2.66. The first-order valence-corrected chi connectivity index (χ1v) is 8.94. The lowest BCUT2D eigenvalue weighted by atomic mass is 10.2. The van der Waals surface area contributed by atoms with Crippen molar-refractivity contribution in [1.29, 1.82) is 0 Å². The van der Waals surface area contributed by atoms with Crippen molar-refractivity contribution in [1.82, 2.24) is 40.1 Å². The lowest BCUT2D eigenvalue weighted by Crippen LogP contribution is -2.47. The van der Waals surface area contributed by atoms with Crippen molar-refractivity contribution in [3.63, 3.8) is 0 Å². The topological polar surface area (TPSA) is 91.7 Å². The lowest BCUT2D eigenvalue weighted by molar-refractivity contribution is 0.249. The molecule has 3 aromatic heterocycles. The number of H-pyrrole nitrogens is 1. The number of aromatic nitrogens is 7. The van der Waals surface area contributed by atoms with Crippen molar-refractivity contribution in [3.8, 4) is 11.4 Å². The van der Waals surface area contributed by atoms with Crippen molar-refractivity contribution in [3.05, 3.63) is 36.5 Å². The third-order valence-electron chi connectivity index (χ3n) is 4.84. The molecule has 0 saturated carbocycles. The minimum atomic E-state index is 0.599. The molecule has 1 saturated heterocycles. The molecule has 1 fully saturated rings. The molecule has 1 N–H and O–H groups in total. The van der Waals surface area contributed by atoms with Gasteiger partial charge in [-0.1, -0.05) is 0 Å². The summed E-state index contributed by atoms with van der Waals surface area (Å²) < 4.78 is 2.21. The highest BCUT2D eigenvalue weighted by atomic mass is 15.5. The van der Waals surface area contributed by atoms with E-state index in [1.807, 2.05) is 18.3 Å². The molecule has 0 atom stereocenters. The smallest absolute Gasteiger partial charge is 0.204 e. The quantitative estimate of drug-likeness (QED) is 0.706. The summed E-state index contributed by atoms with van der Waals surface area (Å²) in [7, 11) is 0. The molecule has 4 rings (SSSR count). The first-order valence-electron chi connectivity index (χ1n) is 8.94. The number of pyridine rings is 1. The number of aryl methyl sites for hydroxylation is 2. The zero-order valence-electron chi connectivity index (χ0n) is 14.9. The molecule has 0 unspecified atom stereocenters. The number of piperazine rings is 1. The molecule has 1 aliphatic rings. The third kappa shape index (κ3) is 3.72. The molecule has 0 radical (unpaired) electrons. The summed E-state index contributed by atoms with van der Waals surface area (Å²) in [5.41, 5.74) is 0.932. The summed E-state index contributed by atoms with van der Waals surface area (Å²) >= 11 is 0. The van der Waals surface area contributed by atoms with Crippen LogP contribution in [0.25, 0.3) is 11.4 Å². The van der Waals surface area contributed by atoms with E-state index in [4.69, 9.17) is 0 Å². The molecule has 4 heterocycles. The van der Waals surface area contributed by atoms with Gasteiger partial charge in [0.25, 0.3) is 0 Å². The number of anilines is 1. The Bertz CT molecular complexity index is 818. The molecule has 9 nitrogen and oxygen atoms in total. The highest BCUT2D eigenvalue weighted by Gasteiger charge is 2.18. The first-order chi connectivity index (χ1) is 12.8. The Hall–Kier alpha value is -2.81. The van der Waals surface area contributed by atoms with Crippen LogP contribution in [0.15, 0.2) is 30.7 Å². The molecule has 3 aromatic rings. The molecule has 0 amide bonds. The Balaban J connectivity index is 1.28. The van der Waals surface area contributed by atoms with Gasteiger partial charge in [0.1, 0.15) is 11.6 Å². The largest absolute Gasteiger partial charge is 0.354 e. The lowest BCUT2D eigenvalue weighted by Gasteiger charge is -2.35. The number of nitrogens with one attached hydrogen (secondary N) is 1. The Morgan fingerprint density at radius 2 is 1.96 bits per heavy atom. The monoisotopic (exact) mass is 353 g/mol. The van der Waals surface area contributed by atoms with Gasteiger partial charge in [0.05, 0.1) is 0 Å². The number of rotatable bonds is 6. The fraction of sp³-hybridized carbons (Fsp3) is 0.471. The highest BCUT2D eigenvalue weighted by Crippen LogP contribution is 2.20. The van der Waals surface area contributed by atoms with Crippen molar-refractivity contribution in [2.75, 3.05) is 37.6 Å². The molecule has 0 spiro atoms. The van der Waals surface area contributed by atoms with Gasteiger partial charge in [0, 0.05) is 56.9 Å². The molecule has 0 bridgehead atoms. The van der Waals surface area contributed by atoms with E-state index in [-0.39, 0.29) is 0 Å². The van der Waals surface area contributed by atoms with Crippen LogP contribution in [-0.4, -0.2) is 72.8 Å². The van der Waals surface area contributed by atoms with Gasteiger partial charge in [-0.05, 0) is 37.2 Å². The summed E-state index contributed by atoms with van der Waals surface area (Å²) in [4.78, 5) is 13.6. The van der Waals surface area contributed by atoms with Crippen molar-refractivity contribution in [2.45, 2.75) is 19.9 Å². The zero-order chi connectivity index (χ0) is 17.8. The van der Waals surface area contributed by atoms with Gasteiger partial charge < -0.3 is 9.47 Å². The van der Waals surface area contributed by atoms with Gasteiger partial charge in [0.2, 0.25) is 5.82 Å². The van der Waals surface area contributed by atoms with Crippen molar-refractivity contribution < 1.29 is 0 Å². The van der Waals surface area contributed by atoms with Crippen LogP contribution in [0.2, 0.25) is 0 Å². The van der Waals surface area contributed by atoms with Gasteiger partial charge in [0.15, 0.2) is 0 Å². The average Bonchev–Trinajstić information content (AvgIpc) is 3.35. The molecule has 0 aliphatic carbocycles. The number of nitrogens with zero attached hydrogens (tertiary/aromatic N) is 8. The fourth-order valence-corrected chi connectivity index (χ4v) is 3.32. The van der Waals surface area contributed by atoms with E-state index >= 15 is 0 Å². The maximum Gasteiger partial charge on any atom is 0.204 e. The SMILES string of the molecule is Cc1nccn1CCCN1CCN(c2cc(-c3nn[nH]n3)ccn2)CC1. The number of hydrogen-bond acceptors (Lipinski definition) is 7. The van der Waals surface area contributed by atoms with E-state index in [0.717, 1.165) is 62.9 Å². The molecule has 1 aliphatic heterocycles. The highest BCUT2D eigenvalue weighted by molar-refractivity contribution is 5.59. The second-order valence-corrected chi connectivity index (χ2v) is 6.49. The van der Waals surface area contributed by atoms with Gasteiger partial charge in [-0.25, -0.2) is 9.97 Å². The number of hydrogen-bond donors (Lipinski definition) is 1. The van der Waals surface area contributed by atoms with Crippen LogP contribution in [0.4, 0.5) is 5.82 Å². The van der Waals surface area contributed by atoms with Crippen LogP contribution in [0, 0.1) is 6.92 Å². The van der Waals surface area contributed by atoms with E-state index in [0.29, 0.717) is 5.82 Å². The molecule has 26 heavy (non-hydrogen) atoms. The number of aromatic amines is 1. The summed E-state index contributed by atoms with van der Waals surface area (Å²) in [6.45, 7) is 8.25. The standard InChI is InChI=1S/C17H23N9/c1-14-18-5-8-25(14)7-2-6-24-9-11-26(12-10-24)16-13-15(3-4-19-16)17-20-22-23-21-17/h3-5,8,13H,2,6-7,9-12H2,1H3,(H,20,21,22,23). The van der Waals surface area contributed by atoms with E-state index in [2.05, 4.69) is 58.1 Å². The van der Waals surface area contributed by atoms with E-state index in [9.17, 15) is 0 Å². The van der Waals surface area contributed by atoms with Gasteiger partial charge >= 0.3 is 0 Å². The van der Waals surface area contributed by atoms with Crippen LogP contribution in [0.3, 0.4) is 0 Å². The maximum atomic E-state index is 4.51. The predicted octanol–water partition coefficient (Wildman–Crippen LogP) is 0.979. The second-order valence-electron chi connectivity index (χ2n) is 6.49. The fourth-order valence-electron chi connectivity index (χ4n) is 3.32. The van der Waals surface area contributed by atoms with Crippen LogP contribution in [0.1, 0.15) is 12.2 Å². The molecule has 136 valence electrons. The Morgan fingerprint density at radius 1 is 1.08 bits per heavy atom. The summed E-state index contributed by atoms with van der Waals surface area (Å²) in [6.07, 6.45) is 6.86. The van der Waals surface area contributed by atoms with Crippen molar-refractivity contribution >= 4 is 5.82 Å². The van der Waals surface area contributed by atoms with E-state index < -0.39 is 0 Å². The molecular weight excluding hydrogens is 330 g/mol. The Labute approximate surface area is 152 Å². The molecule has 0 aromatic carbocycles. The van der Waals surface area contributed by atoms with Crippen LogP contribution >= 0.6 is 0 Å². The minimum absolute atomic E-state index is 0.599. The number of tetrazole rings is 1. The Morgan fingerprint density at radius 3 is 2.69 bits per heavy atom. The summed E-state index contributed by atoms with van der Waals surface area (Å²) in [5, 5.41) is 14.2. The van der Waals surface area contributed by atoms with Gasteiger partial charge in [-0.2, -0.15) is 5.21 Å². The van der Waals surface area contributed by atoms with Gasteiger partial charge in [-0.3, -0.25) is 4.90 Å². The minimum Gasteiger partial charge on any atom is -0.354 e. The zero-order valence-corrected chi connectivity index (χ0v) is 14.9. The predicted molar refractivity (Wildman–Crippen MR) is 97.6 cm³/mol. The second kappa shape index (κ2) is 7.61.